The highest BCUT2D eigenvalue weighted by Crippen LogP contribution is 2.16. The van der Waals surface area contributed by atoms with Gasteiger partial charge < -0.3 is 0 Å². The van der Waals surface area contributed by atoms with Gasteiger partial charge in [-0.2, -0.15) is 0 Å². The third-order valence-corrected chi connectivity index (χ3v) is 2.25. The number of nitrogens with zero attached hydrogens (tertiary/aromatic N) is 1. The zero-order valence-corrected chi connectivity index (χ0v) is 9.12. The van der Waals surface area contributed by atoms with E-state index in [1.54, 1.807) is 0 Å². The molecule has 1 nitrogen and oxygen atoms in total. The second-order valence-electron chi connectivity index (χ2n) is 3.43. The SMILES string of the molecule is CCC(C)=CC=Nc1ccccc1C. The molecule has 0 bridgehead atoms. The highest BCUT2D eigenvalue weighted by Gasteiger charge is 1.90. The molecular weight excluding hydrogens is 170 g/mol. The summed E-state index contributed by atoms with van der Waals surface area (Å²) in [6.07, 6.45) is 5.02. The molecule has 0 aromatic heterocycles. The summed E-state index contributed by atoms with van der Waals surface area (Å²) in [5.41, 5.74) is 3.61. The molecule has 14 heavy (non-hydrogen) atoms. The summed E-state index contributed by atoms with van der Waals surface area (Å²) in [6, 6.07) is 8.14. The van der Waals surface area contributed by atoms with Crippen LogP contribution in [0, 0.1) is 6.92 Å². The van der Waals surface area contributed by atoms with Crippen molar-refractivity contribution >= 4 is 11.9 Å². The highest BCUT2D eigenvalue weighted by molar-refractivity contribution is 5.75. The summed E-state index contributed by atoms with van der Waals surface area (Å²) < 4.78 is 0. The van der Waals surface area contributed by atoms with Crippen LogP contribution in [-0.2, 0) is 0 Å². The van der Waals surface area contributed by atoms with Gasteiger partial charge in [-0.3, -0.25) is 4.99 Å². The highest BCUT2D eigenvalue weighted by atomic mass is 14.7. The lowest BCUT2D eigenvalue weighted by molar-refractivity contribution is 1.10. The Morgan fingerprint density at radius 3 is 2.71 bits per heavy atom. The lowest BCUT2D eigenvalue weighted by atomic mass is 10.2. The van der Waals surface area contributed by atoms with Crippen LogP contribution in [0.2, 0.25) is 0 Å². The van der Waals surface area contributed by atoms with E-state index in [0.29, 0.717) is 0 Å². The number of benzene rings is 1. The molecule has 1 rings (SSSR count). The Labute approximate surface area is 86.2 Å². The minimum atomic E-state index is 1.05. The topological polar surface area (TPSA) is 12.4 Å². The van der Waals surface area contributed by atoms with Crippen molar-refractivity contribution in [2.45, 2.75) is 27.2 Å². The van der Waals surface area contributed by atoms with Crippen LogP contribution in [0.1, 0.15) is 25.8 Å². The molecule has 1 aromatic carbocycles. The molecule has 0 N–H and O–H groups in total. The Balaban J connectivity index is 2.74. The lowest BCUT2D eigenvalue weighted by Gasteiger charge is -1.96. The van der Waals surface area contributed by atoms with Gasteiger partial charge in [0.15, 0.2) is 0 Å². The summed E-state index contributed by atoms with van der Waals surface area (Å²) in [4.78, 5) is 4.39. The summed E-state index contributed by atoms with van der Waals surface area (Å²) in [5, 5.41) is 0. The third-order valence-electron chi connectivity index (χ3n) is 2.25. The van der Waals surface area contributed by atoms with E-state index in [1.807, 2.05) is 24.4 Å². The molecule has 0 aliphatic heterocycles. The van der Waals surface area contributed by atoms with Gasteiger partial charge >= 0.3 is 0 Å². The number of aliphatic imine (C=N–C) groups is 1. The molecule has 0 saturated carbocycles. The summed E-state index contributed by atoms with van der Waals surface area (Å²) in [6.45, 7) is 6.33. The molecule has 1 heteroatoms. The van der Waals surface area contributed by atoms with Gasteiger partial charge in [-0.1, -0.05) is 30.7 Å². The Morgan fingerprint density at radius 2 is 2.07 bits per heavy atom. The first kappa shape index (κ1) is 10.7. The molecule has 74 valence electrons. The maximum absolute atomic E-state index is 4.39. The molecular formula is C13H17N. The minimum Gasteiger partial charge on any atom is -0.257 e. The quantitative estimate of drug-likeness (QED) is 0.633. The first-order chi connectivity index (χ1) is 6.74. The van der Waals surface area contributed by atoms with Crippen LogP contribution in [0.5, 0.6) is 0 Å². The van der Waals surface area contributed by atoms with Crippen molar-refractivity contribution in [2.24, 2.45) is 4.99 Å². The fraction of sp³-hybridized carbons (Fsp3) is 0.308. The van der Waals surface area contributed by atoms with Crippen LogP contribution in [0.3, 0.4) is 0 Å². The first-order valence-corrected chi connectivity index (χ1v) is 4.99. The second-order valence-corrected chi connectivity index (χ2v) is 3.43. The fourth-order valence-electron chi connectivity index (χ4n) is 1.07. The van der Waals surface area contributed by atoms with Gasteiger partial charge in [-0.25, -0.2) is 0 Å². The normalized spacial score (nSPS) is 12.4. The van der Waals surface area contributed by atoms with Crippen molar-refractivity contribution in [2.75, 3.05) is 0 Å². The number of para-hydroxylation sites is 1. The van der Waals surface area contributed by atoms with E-state index in [0.717, 1.165) is 12.1 Å². The van der Waals surface area contributed by atoms with Crippen LogP contribution in [0.4, 0.5) is 5.69 Å². The van der Waals surface area contributed by atoms with Crippen molar-refractivity contribution in [3.63, 3.8) is 0 Å². The van der Waals surface area contributed by atoms with Crippen molar-refractivity contribution in [1.29, 1.82) is 0 Å². The fourth-order valence-corrected chi connectivity index (χ4v) is 1.07. The van der Waals surface area contributed by atoms with Crippen LogP contribution in [-0.4, -0.2) is 6.21 Å². The molecule has 0 aliphatic carbocycles. The summed E-state index contributed by atoms with van der Waals surface area (Å²) in [5.74, 6) is 0. The molecule has 0 aliphatic rings. The molecule has 0 unspecified atom stereocenters. The number of allylic oxidation sites excluding steroid dienone is 2. The Morgan fingerprint density at radius 1 is 1.36 bits per heavy atom. The molecule has 0 fully saturated rings. The average Bonchev–Trinajstić information content (AvgIpc) is 2.20. The zero-order chi connectivity index (χ0) is 10.4. The molecule has 0 radical (unpaired) electrons. The Bertz CT molecular complexity index is 348. The molecule has 0 amide bonds. The largest absolute Gasteiger partial charge is 0.257 e. The monoisotopic (exact) mass is 187 g/mol. The zero-order valence-electron chi connectivity index (χ0n) is 9.12. The van der Waals surface area contributed by atoms with E-state index < -0.39 is 0 Å². The third kappa shape index (κ3) is 3.17. The maximum Gasteiger partial charge on any atom is 0.0658 e. The van der Waals surface area contributed by atoms with Crippen LogP contribution in [0.25, 0.3) is 0 Å². The van der Waals surface area contributed by atoms with Gasteiger partial charge in [0.05, 0.1) is 5.69 Å². The van der Waals surface area contributed by atoms with Gasteiger partial charge in [-0.05, 0) is 38.0 Å². The van der Waals surface area contributed by atoms with Crippen molar-refractivity contribution in [3.8, 4) is 0 Å². The van der Waals surface area contributed by atoms with Gasteiger partial charge in [0.1, 0.15) is 0 Å². The minimum absolute atomic E-state index is 1.05. The van der Waals surface area contributed by atoms with Crippen LogP contribution >= 0.6 is 0 Å². The predicted molar refractivity (Wildman–Crippen MR) is 63.4 cm³/mol. The van der Waals surface area contributed by atoms with Crippen LogP contribution < -0.4 is 0 Å². The van der Waals surface area contributed by atoms with E-state index in [2.05, 4.69) is 37.9 Å². The van der Waals surface area contributed by atoms with E-state index >= 15 is 0 Å². The molecule has 0 heterocycles. The van der Waals surface area contributed by atoms with E-state index in [1.165, 1.54) is 11.1 Å². The second kappa shape index (κ2) is 5.38. The van der Waals surface area contributed by atoms with Crippen molar-refractivity contribution in [1.82, 2.24) is 0 Å². The molecule has 1 aromatic rings. The maximum atomic E-state index is 4.39. The Hall–Kier alpha value is -1.37. The standard InChI is InChI=1S/C13H17N/c1-4-11(2)9-10-14-13-8-6-5-7-12(13)3/h5-10H,4H2,1-3H3. The van der Waals surface area contributed by atoms with Crippen molar-refractivity contribution < 1.29 is 0 Å². The molecule has 0 spiro atoms. The predicted octanol–water partition coefficient (Wildman–Crippen LogP) is 4.05. The van der Waals surface area contributed by atoms with Crippen molar-refractivity contribution in [3.05, 3.63) is 41.5 Å². The lowest BCUT2D eigenvalue weighted by Crippen LogP contribution is -1.75. The first-order valence-electron chi connectivity index (χ1n) is 4.99. The van der Waals surface area contributed by atoms with E-state index in [4.69, 9.17) is 0 Å². The molecule has 0 saturated heterocycles. The molecule has 0 atom stereocenters. The number of hydrogen-bond donors (Lipinski definition) is 0. The van der Waals surface area contributed by atoms with Gasteiger partial charge in [0.25, 0.3) is 0 Å². The summed E-state index contributed by atoms with van der Waals surface area (Å²) in [7, 11) is 0. The van der Waals surface area contributed by atoms with E-state index in [9.17, 15) is 0 Å². The van der Waals surface area contributed by atoms with Gasteiger partial charge in [0.2, 0.25) is 0 Å². The van der Waals surface area contributed by atoms with E-state index in [-0.39, 0.29) is 0 Å². The van der Waals surface area contributed by atoms with Gasteiger partial charge in [-0.15, -0.1) is 0 Å². The number of hydrogen-bond acceptors (Lipinski definition) is 1. The number of aryl methyl sites for hydroxylation is 1. The smallest absolute Gasteiger partial charge is 0.0658 e. The average molecular weight is 187 g/mol. The number of rotatable bonds is 3. The van der Waals surface area contributed by atoms with Crippen LogP contribution in [0.15, 0.2) is 40.9 Å². The Kier molecular flexibility index (Phi) is 4.11. The van der Waals surface area contributed by atoms with Gasteiger partial charge in [0, 0.05) is 6.21 Å². The summed E-state index contributed by atoms with van der Waals surface area (Å²) >= 11 is 0.